The minimum Gasteiger partial charge on any atom is -0.478 e. The molecule has 0 aliphatic rings. The van der Waals surface area contributed by atoms with Crippen LogP contribution in [0.5, 0.6) is 0 Å². The van der Waals surface area contributed by atoms with Gasteiger partial charge in [0.2, 0.25) is 5.91 Å². The van der Waals surface area contributed by atoms with E-state index in [2.05, 4.69) is 5.32 Å². The third-order valence-corrected chi connectivity index (χ3v) is 2.98. The van der Waals surface area contributed by atoms with E-state index in [1.165, 1.54) is 23.9 Å². The van der Waals surface area contributed by atoms with Crippen LogP contribution >= 0.6 is 35.0 Å². The fourth-order valence-electron chi connectivity index (χ4n) is 1.12. The smallest absolute Gasteiger partial charge is 0.335 e. The van der Waals surface area contributed by atoms with Crippen molar-refractivity contribution < 1.29 is 14.7 Å². The van der Waals surface area contributed by atoms with Crippen molar-refractivity contribution in [1.29, 1.82) is 0 Å². The van der Waals surface area contributed by atoms with Crippen molar-refractivity contribution in [1.82, 2.24) is 0 Å². The summed E-state index contributed by atoms with van der Waals surface area (Å²) in [5.74, 6) is -1.10. The summed E-state index contributed by atoms with van der Waals surface area (Å²) in [5, 5.41) is 11.5. The Bertz CT molecular complexity index is 442. The van der Waals surface area contributed by atoms with E-state index in [0.717, 1.165) is 0 Å². The number of carbonyl (C=O) groups is 2. The molecular weight excluding hydrogens is 285 g/mol. The van der Waals surface area contributed by atoms with E-state index in [4.69, 9.17) is 28.3 Å². The Morgan fingerprint density at radius 1 is 1.35 bits per heavy atom. The molecule has 0 aliphatic carbocycles. The molecule has 1 aromatic rings. The molecule has 0 fully saturated rings. The van der Waals surface area contributed by atoms with E-state index in [-0.39, 0.29) is 33.0 Å². The van der Waals surface area contributed by atoms with Crippen LogP contribution in [-0.4, -0.2) is 29.0 Å². The standard InChI is InChI=1S/C10H9Cl2NO3S/c1-17-4-8(14)13-9-6(11)2-5(10(15)16)3-7(9)12/h2-3H,4H2,1H3,(H,13,14)(H,15,16). The lowest BCUT2D eigenvalue weighted by molar-refractivity contribution is -0.113. The quantitative estimate of drug-likeness (QED) is 0.896. The van der Waals surface area contributed by atoms with Crippen LogP contribution in [0.3, 0.4) is 0 Å². The van der Waals surface area contributed by atoms with Gasteiger partial charge in [-0.3, -0.25) is 4.79 Å². The number of halogens is 2. The number of anilines is 1. The van der Waals surface area contributed by atoms with E-state index in [1.54, 1.807) is 6.26 Å². The zero-order valence-electron chi connectivity index (χ0n) is 8.79. The molecule has 0 saturated heterocycles. The average Bonchev–Trinajstić information content (AvgIpc) is 2.23. The Morgan fingerprint density at radius 2 is 1.88 bits per heavy atom. The van der Waals surface area contributed by atoms with Gasteiger partial charge in [0.25, 0.3) is 0 Å². The second-order valence-corrected chi connectivity index (χ2v) is 4.78. The highest BCUT2D eigenvalue weighted by atomic mass is 35.5. The molecule has 0 aliphatic heterocycles. The van der Waals surface area contributed by atoms with Crippen LogP contribution in [0.4, 0.5) is 5.69 Å². The molecule has 1 aromatic carbocycles. The van der Waals surface area contributed by atoms with Gasteiger partial charge in [0, 0.05) is 0 Å². The van der Waals surface area contributed by atoms with Gasteiger partial charge >= 0.3 is 5.97 Å². The van der Waals surface area contributed by atoms with Crippen LogP contribution in [0.15, 0.2) is 12.1 Å². The minimum atomic E-state index is -1.13. The molecule has 0 radical (unpaired) electrons. The number of rotatable bonds is 4. The van der Waals surface area contributed by atoms with Gasteiger partial charge in [0.05, 0.1) is 27.0 Å². The Hall–Kier alpha value is -0.910. The summed E-state index contributed by atoms with van der Waals surface area (Å²) in [7, 11) is 0. The van der Waals surface area contributed by atoms with Gasteiger partial charge in [0.15, 0.2) is 0 Å². The van der Waals surface area contributed by atoms with Gasteiger partial charge in [-0.25, -0.2) is 4.79 Å². The maximum Gasteiger partial charge on any atom is 0.335 e. The summed E-state index contributed by atoms with van der Waals surface area (Å²) in [6.07, 6.45) is 1.79. The van der Waals surface area contributed by atoms with Gasteiger partial charge in [-0.15, -0.1) is 0 Å². The molecule has 17 heavy (non-hydrogen) atoms. The molecule has 0 aromatic heterocycles. The normalized spacial score (nSPS) is 10.1. The molecule has 7 heteroatoms. The number of carboxylic acid groups (broad SMARTS) is 1. The fraction of sp³-hybridized carbons (Fsp3) is 0.200. The lowest BCUT2D eigenvalue weighted by atomic mass is 10.2. The number of hydrogen-bond donors (Lipinski definition) is 2. The van der Waals surface area contributed by atoms with Crippen molar-refractivity contribution >= 4 is 52.5 Å². The Balaban J connectivity index is 3.01. The van der Waals surface area contributed by atoms with Gasteiger partial charge < -0.3 is 10.4 Å². The number of amides is 1. The fourth-order valence-corrected chi connectivity index (χ4v) is 2.04. The van der Waals surface area contributed by atoms with E-state index < -0.39 is 5.97 Å². The Morgan fingerprint density at radius 3 is 2.29 bits per heavy atom. The molecule has 0 spiro atoms. The molecule has 1 rings (SSSR count). The molecule has 1 amide bonds. The van der Waals surface area contributed by atoms with Crippen LogP contribution in [0.2, 0.25) is 10.0 Å². The van der Waals surface area contributed by atoms with Crippen LogP contribution < -0.4 is 5.32 Å². The third-order valence-electron chi connectivity index (χ3n) is 1.83. The van der Waals surface area contributed by atoms with Crippen molar-refractivity contribution in [3.05, 3.63) is 27.7 Å². The lowest BCUT2D eigenvalue weighted by Gasteiger charge is -2.09. The molecule has 0 saturated carbocycles. The summed E-state index contributed by atoms with van der Waals surface area (Å²) in [6, 6.07) is 2.48. The second-order valence-electron chi connectivity index (χ2n) is 3.10. The van der Waals surface area contributed by atoms with Gasteiger partial charge in [-0.1, -0.05) is 23.2 Å². The minimum absolute atomic E-state index is 0.0251. The van der Waals surface area contributed by atoms with Crippen LogP contribution in [0.25, 0.3) is 0 Å². The summed E-state index contributed by atoms with van der Waals surface area (Å²) in [4.78, 5) is 22.1. The molecule has 0 atom stereocenters. The number of thioether (sulfide) groups is 1. The number of carboxylic acids is 1. The second kappa shape index (κ2) is 6.14. The molecule has 2 N–H and O–H groups in total. The van der Waals surface area contributed by atoms with E-state index >= 15 is 0 Å². The maximum absolute atomic E-state index is 11.4. The first-order valence-corrected chi connectivity index (χ1v) is 6.61. The number of aromatic carboxylic acids is 1. The highest BCUT2D eigenvalue weighted by Gasteiger charge is 2.14. The van der Waals surface area contributed by atoms with Crippen molar-refractivity contribution in [3.63, 3.8) is 0 Å². The summed E-state index contributed by atoms with van der Waals surface area (Å²) >= 11 is 13.1. The lowest BCUT2D eigenvalue weighted by Crippen LogP contribution is -2.14. The third kappa shape index (κ3) is 3.80. The zero-order valence-corrected chi connectivity index (χ0v) is 11.1. The Kier molecular flexibility index (Phi) is 5.11. The molecular formula is C10H9Cl2NO3S. The topological polar surface area (TPSA) is 66.4 Å². The van der Waals surface area contributed by atoms with Crippen molar-refractivity contribution in [2.24, 2.45) is 0 Å². The first-order valence-electron chi connectivity index (χ1n) is 4.46. The average molecular weight is 294 g/mol. The van der Waals surface area contributed by atoms with Gasteiger partial charge in [0.1, 0.15) is 0 Å². The number of hydrogen-bond acceptors (Lipinski definition) is 3. The van der Waals surface area contributed by atoms with Crippen molar-refractivity contribution in [2.75, 3.05) is 17.3 Å². The van der Waals surface area contributed by atoms with Crippen molar-refractivity contribution in [3.8, 4) is 0 Å². The van der Waals surface area contributed by atoms with Crippen LogP contribution in [0.1, 0.15) is 10.4 Å². The van der Waals surface area contributed by atoms with E-state index in [9.17, 15) is 9.59 Å². The summed E-state index contributed by atoms with van der Waals surface area (Å²) in [6.45, 7) is 0. The van der Waals surface area contributed by atoms with Crippen LogP contribution in [0, 0.1) is 0 Å². The van der Waals surface area contributed by atoms with Gasteiger partial charge in [-0.2, -0.15) is 11.8 Å². The summed E-state index contributed by atoms with van der Waals surface area (Å²) < 4.78 is 0. The number of carbonyl (C=O) groups excluding carboxylic acids is 1. The molecule has 92 valence electrons. The molecule has 0 heterocycles. The first-order chi connectivity index (χ1) is 7.95. The monoisotopic (exact) mass is 293 g/mol. The zero-order chi connectivity index (χ0) is 13.0. The Labute approximate surface area is 112 Å². The maximum atomic E-state index is 11.4. The predicted octanol–water partition coefficient (Wildman–Crippen LogP) is 2.99. The predicted molar refractivity (Wildman–Crippen MR) is 70.4 cm³/mol. The molecule has 0 unspecified atom stereocenters. The first kappa shape index (κ1) is 14.2. The number of benzene rings is 1. The molecule has 4 nitrogen and oxygen atoms in total. The van der Waals surface area contributed by atoms with Gasteiger partial charge in [-0.05, 0) is 18.4 Å². The SMILES string of the molecule is CSCC(=O)Nc1c(Cl)cc(C(=O)O)cc1Cl. The van der Waals surface area contributed by atoms with Crippen LogP contribution in [-0.2, 0) is 4.79 Å². The van der Waals surface area contributed by atoms with Crippen molar-refractivity contribution in [2.45, 2.75) is 0 Å². The highest BCUT2D eigenvalue weighted by molar-refractivity contribution is 7.99. The number of nitrogens with one attached hydrogen (secondary N) is 1. The summed E-state index contributed by atoms with van der Waals surface area (Å²) in [5.41, 5.74) is 0.209. The van der Waals surface area contributed by atoms with E-state index in [0.29, 0.717) is 0 Å². The van der Waals surface area contributed by atoms with E-state index in [1.807, 2.05) is 0 Å². The largest absolute Gasteiger partial charge is 0.478 e. The highest BCUT2D eigenvalue weighted by Crippen LogP contribution is 2.31. The molecule has 0 bridgehead atoms.